The van der Waals surface area contributed by atoms with Crippen LogP contribution in [0.4, 0.5) is 20.4 Å². The number of benzene rings is 2. The summed E-state index contributed by atoms with van der Waals surface area (Å²) in [6.45, 7) is -1.22. The Kier molecular flexibility index (Phi) is 5.25. The summed E-state index contributed by atoms with van der Waals surface area (Å²) in [4.78, 5) is 18.3. The molecule has 0 aliphatic rings. The maximum Gasteiger partial charge on any atom is 0.387 e. The molecule has 0 unspecified atom stereocenters. The van der Waals surface area contributed by atoms with Crippen LogP contribution in [-0.2, 0) is 0 Å². The Morgan fingerprint density at radius 3 is 2.80 bits per heavy atom. The summed E-state index contributed by atoms with van der Waals surface area (Å²) in [5.41, 5.74) is 2.65. The Balaban J connectivity index is 1.46. The third-order valence-corrected chi connectivity index (χ3v) is 4.25. The van der Waals surface area contributed by atoms with Gasteiger partial charge in [0.25, 0.3) is 11.8 Å². The van der Waals surface area contributed by atoms with E-state index in [0.29, 0.717) is 11.3 Å². The lowest BCUT2D eigenvalue weighted by Gasteiger charge is -2.09. The van der Waals surface area contributed by atoms with Crippen molar-refractivity contribution in [2.75, 3.05) is 5.32 Å². The van der Waals surface area contributed by atoms with Crippen molar-refractivity contribution in [2.45, 2.75) is 13.5 Å². The fraction of sp³-hybridized carbons (Fsp3) is 0.0952. The number of aromatic amines is 1. The van der Waals surface area contributed by atoms with Gasteiger partial charge in [-0.3, -0.25) is 4.79 Å². The van der Waals surface area contributed by atoms with Gasteiger partial charge in [0.05, 0.1) is 0 Å². The number of nitrogens with zero attached hydrogens (tertiary/aromatic N) is 2. The van der Waals surface area contributed by atoms with Crippen molar-refractivity contribution < 1.29 is 18.0 Å². The first kappa shape index (κ1) is 19.3. The molecule has 2 aromatic heterocycles. The lowest BCUT2D eigenvalue weighted by atomic mass is 10.1. The summed E-state index contributed by atoms with van der Waals surface area (Å²) < 4.78 is 34.3. The zero-order valence-electron chi connectivity index (χ0n) is 15.7. The molecule has 0 bridgehead atoms. The number of rotatable bonds is 6. The first-order valence-corrected chi connectivity index (χ1v) is 8.94. The van der Waals surface area contributed by atoms with Crippen LogP contribution in [0.15, 0.2) is 57.8 Å². The molecule has 4 rings (SSSR count). The molecule has 2 N–H and O–H groups in total. The molecular weight excluding hydrogens is 394 g/mol. The van der Waals surface area contributed by atoms with Crippen LogP contribution in [0.3, 0.4) is 0 Å². The molecule has 2 aromatic carbocycles. The SMILES string of the molecule is Cc1cc(Nc2noc(C=Cc3ccc4[nH]c(=O)ccc4c3)n2)ccc1OC(F)F. The van der Waals surface area contributed by atoms with Crippen LogP contribution in [0, 0.1) is 6.92 Å². The molecule has 152 valence electrons. The summed E-state index contributed by atoms with van der Waals surface area (Å²) in [6, 6.07) is 13.5. The van der Waals surface area contributed by atoms with Gasteiger partial charge in [0.1, 0.15) is 5.75 Å². The fourth-order valence-electron chi connectivity index (χ4n) is 2.88. The number of pyridine rings is 1. The third kappa shape index (κ3) is 4.52. The highest BCUT2D eigenvalue weighted by Gasteiger charge is 2.09. The van der Waals surface area contributed by atoms with Gasteiger partial charge in [-0.25, -0.2) is 0 Å². The number of nitrogens with one attached hydrogen (secondary N) is 2. The predicted molar refractivity (Wildman–Crippen MR) is 109 cm³/mol. The van der Waals surface area contributed by atoms with Crippen LogP contribution in [-0.4, -0.2) is 21.7 Å². The van der Waals surface area contributed by atoms with Crippen molar-refractivity contribution in [2.24, 2.45) is 0 Å². The monoisotopic (exact) mass is 410 g/mol. The third-order valence-electron chi connectivity index (χ3n) is 4.25. The number of anilines is 2. The smallest absolute Gasteiger partial charge is 0.387 e. The second kappa shape index (κ2) is 8.16. The maximum absolute atomic E-state index is 12.3. The van der Waals surface area contributed by atoms with Crippen LogP contribution in [0.1, 0.15) is 17.0 Å². The molecule has 4 aromatic rings. The molecule has 0 radical (unpaired) electrons. The Bertz CT molecular complexity index is 1280. The lowest BCUT2D eigenvalue weighted by Crippen LogP contribution is -2.03. The zero-order valence-corrected chi connectivity index (χ0v) is 15.7. The standard InChI is InChI=1S/C21H16F2N4O3/c1-12-10-15(5-7-17(12)29-20(22)23)24-21-26-19(30-27-21)9-3-13-2-6-16-14(11-13)4-8-18(28)25-16/h2-11,20H,1H3,(H,24,27)(H,25,28). The molecular formula is C21H16F2N4O3. The van der Waals surface area contributed by atoms with E-state index < -0.39 is 6.61 Å². The highest BCUT2D eigenvalue weighted by molar-refractivity contribution is 5.82. The van der Waals surface area contributed by atoms with Gasteiger partial charge < -0.3 is 19.6 Å². The second-order valence-corrected chi connectivity index (χ2v) is 6.44. The van der Waals surface area contributed by atoms with E-state index in [1.54, 1.807) is 31.2 Å². The van der Waals surface area contributed by atoms with Crippen molar-refractivity contribution in [1.29, 1.82) is 0 Å². The Morgan fingerprint density at radius 1 is 1.13 bits per heavy atom. The van der Waals surface area contributed by atoms with Crippen molar-refractivity contribution in [3.63, 3.8) is 0 Å². The minimum absolute atomic E-state index is 0.103. The minimum Gasteiger partial charge on any atom is -0.435 e. The molecule has 0 saturated heterocycles. The number of aryl methyl sites for hydroxylation is 1. The second-order valence-electron chi connectivity index (χ2n) is 6.44. The van der Waals surface area contributed by atoms with Crippen molar-refractivity contribution in [3.8, 4) is 5.75 Å². The molecule has 0 atom stereocenters. The van der Waals surface area contributed by atoms with Gasteiger partial charge in [0.15, 0.2) is 0 Å². The van der Waals surface area contributed by atoms with Crippen molar-refractivity contribution in [3.05, 3.63) is 75.9 Å². The minimum atomic E-state index is -2.88. The molecule has 30 heavy (non-hydrogen) atoms. The fourth-order valence-corrected chi connectivity index (χ4v) is 2.88. The summed E-state index contributed by atoms with van der Waals surface area (Å²) in [7, 11) is 0. The number of fused-ring (bicyclic) bond motifs is 1. The number of ether oxygens (including phenoxy) is 1. The van der Waals surface area contributed by atoms with E-state index >= 15 is 0 Å². The highest BCUT2D eigenvalue weighted by Crippen LogP contribution is 2.25. The largest absolute Gasteiger partial charge is 0.435 e. The molecule has 2 heterocycles. The van der Waals surface area contributed by atoms with E-state index in [-0.39, 0.29) is 23.1 Å². The first-order chi connectivity index (χ1) is 14.5. The average molecular weight is 410 g/mol. The average Bonchev–Trinajstić information content (AvgIpc) is 3.15. The van der Waals surface area contributed by atoms with Crippen molar-refractivity contribution >= 4 is 34.7 Å². The molecule has 0 amide bonds. The van der Waals surface area contributed by atoms with E-state index in [9.17, 15) is 13.6 Å². The number of halogens is 2. The summed E-state index contributed by atoms with van der Waals surface area (Å²) >= 11 is 0. The van der Waals surface area contributed by atoms with Gasteiger partial charge in [-0.2, -0.15) is 13.8 Å². The van der Waals surface area contributed by atoms with E-state index in [1.807, 2.05) is 24.3 Å². The van der Waals surface area contributed by atoms with Crippen LogP contribution in [0.5, 0.6) is 5.75 Å². The number of alkyl halides is 2. The van der Waals surface area contributed by atoms with Gasteiger partial charge in [-0.05, 0) is 71.1 Å². The van der Waals surface area contributed by atoms with E-state index in [2.05, 4.69) is 25.2 Å². The van der Waals surface area contributed by atoms with Crippen LogP contribution < -0.4 is 15.6 Å². The van der Waals surface area contributed by atoms with E-state index in [4.69, 9.17) is 4.52 Å². The molecule has 0 saturated carbocycles. The normalized spacial score (nSPS) is 11.5. The first-order valence-electron chi connectivity index (χ1n) is 8.94. The highest BCUT2D eigenvalue weighted by atomic mass is 19.3. The van der Waals surface area contributed by atoms with Crippen LogP contribution >= 0.6 is 0 Å². The summed E-state index contributed by atoms with van der Waals surface area (Å²) in [5, 5.41) is 7.69. The van der Waals surface area contributed by atoms with Gasteiger partial charge in [0, 0.05) is 23.3 Å². The van der Waals surface area contributed by atoms with Gasteiger partial charge in [-0.1, -0.05) is 6.07 Å². The van der Waals surface area contributed by atoms with Crippen LogP contribution in [0.25, 0.3) is 23.1 Å². The van der Waals surface area contributed by atoms with Gasteiger partial charge in [0.2, 0.25) is 5.56 Å². The van der Waals surface area contributed by atoms with E-state index in [1.165, 1.54) is 12.1 Å². The maximum atomic E-state index is 12.3. The summed E-state index contributed by atoms with van der Waals surface area (Å²) in [5.74, 6) is 0.618. The van der Waals surface area contributed by atoms with E-state index in [0.717, 1.165) is 16.5 Å². The molecule has 0 fully saturated rings. The molecule has 0 aliphatic heterocycles. The topological polar surface area (TPSA) is 93.0 Å². The number of H-pyrrole nitrogens is 1. The summed E-state index contributed by atoms with van der Waals surface area (Å²) in [6.07, 6.45) is 3.47. The molecule has 7 nitrogen and oxygen atoms in total. The Labute approximate surface area is 169 Å². The number of hydrogen-bond acceptors (Lipinski definition) is 6. The van der Waals surface area contributed by atoms with Gasteiger partial charge >= 0.3 is 6.61 Å². The quantitative estimate of drug-likeness (QED) is 0.477. The molecule has 0 spiro atoms. The molecule has 0 aliphatic carbocycles. The lowest BCUT2D eigenvalue weighted by molar-refractivity contribution is -0.0502. The number of aromatic nitrogens is 3. The van der Waals surface area contributed by atoms with Crippen LogP contribution in [0.2, 0.25) is 0 Å². The van der Waals surface area contributed by atoms with Crippen molar-refractivity contribution in [1.82, 2.24) is 15.1 Å². The number of hydrogen-bond donors (Lipinski definition) is 2. The zero-order chi connectivity index (χ0) is 21.1. The van der Waals surface area contributed by atoms with Gasteiger partial charge in [-0.15, -0.1) is 0 Å². The molecule has 9 heteroatoms. The Morgan fingerprint density at radius 2 is 2.00 bits per heavy atom. The predicted octanol–water partition coefficient (Wildman–Crippen LogP) is 4.73. The Hall–Kier alpha value is -4.01.